The number of hydrogen-bond donors (Lipinski definition) is 0. The van der Waals surface area contributed by atoms with Gasteiger partial charge in [0.1, 0.15) is 0 Å². The molecule has 1 aromatic carbocycles. The Morgan fingerprint density at radius 1 is 1.00 bits per heavy atom. The number of sulfonamides is 1. The first-order valence-corrected chi connectivity index (χ1v) is 10.6. The van der Waals surface area contributed by atoms with Gasteiger partial charge < -0.3 is 9.32 Å². The highest BCUT2D eigenvalue weighted by molar-refractivity contribution is 7.89. The number of aromatic nitrogens is 2. The van der Waals surface area contributed by atoms with E-state index in [4.69, 9.17) is 4.42 Å². The molecule has 2 aromatic heterocycles. The van der Waals surface area contributed by atoms with Crippen molar-refractivity contribution in [3.8, 4) is 0 Å². The van der Waals surface area contributed by atoms with Crippen molar-refractivity contribution in [3.05, 3.63) is 47.7 Å². The fourth-order valence-electron chi connectivity index (χ4n) is 3.87. The van der Waals surface area contributed by atoms with E-state index in [0.717, 1.165) is 19.3 Å². The Hall–Kier alpha value is -2.45. The van der Waals surface area contributed by atoms with Crippen molar-refractivity contribution >= 4 is 27.3 Å². The Bertz CT molecular complexity index is 1070. The monoisotopic (exact) mass is 384 g/mol. The summed E-state index contributed by atoms with van der Waals surface area (Å²) in [7, 11) is -3.47. The minimum Gasteiger partial charge on any atom is -0.422 e. The molecule has 0 saturated carbocycles. The van der Waals surface area contributed by atoms with Gasteiger partial charge in [0.25, 0.3) is 6.01 Å². The van der Waals surface area contributed by atoms with E-state index in [0.29, 0.717) is 48.3 Å². The number of benzene rings is 1. The number of anilines is 1. The first-order valence-electron chi connectivity index (χ1n) is 9.20. The number of hydrogen-bond acceptors (Lipinski definition) is 6. The minimum absolute atomic E-state index is 0.405. The standard InChI is InChI=1S/C19H20N4O3S/c24-27(25,16-7-6-14-3-1-4-15(14)13-16)23-11-9-22(10-12-23)19-21-18-17(26-19)5-2-8-20-18/h2,5-8,13H,1,3-4,9-12H2. The third-order valence-corrected chi connectivity index (χ3v) is 7.27. The summed E-state index contributed by atoms with van der Waals surface area (Å²) < 4.78 is 33.4. The summed E-state index contributed by atoms with van der Waals surface area (Å²) in [5.74, 6) is 0. The second kappa shape index (κ2) is 6.31. The largest absolute Gasteiger partial charge is 0.422 e. The van der Waals surface area contributed by atoms with Crippen molar-refractivity contribution < 1.29 is 12.8 Å². The Labute approximate surface area is 157 Å². The molecule has 1 aliphatic carbocycles. The lowest BCUT2D eigenvalue weighted by Crippen LogP contribution is -2.48. The van der Waals surface area contributed by atoms with E-state index in [9.17, 15) is 8.42 Å². The average molecular weight is 384 g/mol. The van der Waals surface area contributed by atoms with Crippen molar-refractivity contribution in [2.24, 2.45) is 0 Å². The summed E-state index contributed by atoms with van der Waals surface area (Å²) in [6, 6.07) is 9.70. The molecule has 0 amide bonds. The van der Waals surface area contributed by atoms with Gasteiger partial charge in [0.15, 0.2) is 5.58 Å². The van der Waals surface area contributed by atoms with Crippen LogP contribution in [0.4, 0.5) is 6.01 Å². The molecule has 0 unspecified atom stereocenters. The maximum absolute atomic E-state index is 13.0. The van der Waals surface area contributed by atoms with Crippen LogP contribution in [-0.2, 0) is 22.9 Å². The van der Waals surface area contributed by atoms with Crippen LogP contribution in [0.25, 0.3) is 11.2 Å². The summed E-state index contributed by atoms with van der Waals surface area (Å²) in [5.41, 5.74) is 3.67. The second-order valence-corrected chi connectivity index (χ2v) is 8.93. The maximum atomic E-state index is 13.0. The van der Waals surface area contributed by atoms with Crippen LogP contribution in [0.5, 0.6) is 0 Å². The predicted molar refractivity (Wildman–Crippen MR) is 101 cm³/mol. The molecule has 140 valence electrons. The zero-order chi connectivity index (χ0) is 18.4. The second-order valence-electron chi connectivity index (χ2n) is 7.00. The Balaban J connectivity index is 1.33. The third kappa shape index (κ3) is 2.89. The maximum Gasteiger partial charge on any atom is 0.300 e. The molecule has 1 saturated heterocycles. The summed E-state index contributed by atoms with van der Waals surface area (Å²) >= 11 is 0. The lowest BCUT2D eigenvalue weighted by atomic mass is 10.1. The minimum atomic E-state index is -3.47. The van der Waals surface area contributed by atoms with E-state index in [1.165, 1.54) is 11.1 Å². The van der Waals surface area contributed by atoms with Gasteiger partial charge in [-0.15, -0.1) is 0 Å². The van der Waals surface area contributed by atoms with E-state index in [1.54, 1.807) is 22.6 Å². The van der Waals surface area contributed by atoms with Crippen LogP contribution in [0.2, 0.25) is 0 Å². The lowest BCUT2D eigenvalue weighted by molar-refractivity contribution is 0.373. The molecule has 3 heterocycles. The van der Waals surface area contributed by atoms with Gasteiger partial charge in [0.2, 0.25) is 15.7 Å². The van der Waals surface area contributed by atoms with Crippen molar-refractivity contribution in [3.63, 3.8) is 0 Å². The van der Waals surface area contributed by atoms with Gasteiger partial charge >= 0.3 is 0 Å². The highest BCUT2D eigenvalue weighted by Crippen LogP contribution is 2.27. The van der Waals surface area contributed by atoms with E-state index in [-0.39, 0.29) is 0 Å². The van der Waals surface area contributed by atoms with E-state index in [1.807, 2.05) is 23.1 Å². The highest BCUT2D eigenvalue weighted by Gasteiger charge is 2.30. The predicted octanol–water partition coefficient (Wildman–Crippen LogP) is 2.22. The van der Waals surface area contributed by atoms with Crippen molar-refractivity contribution in [1.29, 1.82) is 0 Å². The molecule has 27 heavy (non-hydrogen) atoms. The fraction of sp³-hybridized carbons (Fsp3) is 0.368. The van der Waals surface area contributed by atoms with Crippen molar-refractivity contribution in [2.45, 2.75) is 24.2 Å². The molecule has 0 bridgehead atoms. The molecule has 0 N–H and O–H groups in total. The van der Waals surface area contributed by atoms with Gasteiger partial charge in [0.05, 0.1) is 4.90 Å². The van der Waals surface area contributed by atoms with Crippen LogP contribution in [0, 0.1) is 0 Å². The van der Waals surface area contributed by atoms with E-state index in [2.05, 4.69) is 9.97 Å². The smallest absolute Gasteiger partial charge is 0.300 e. The molecule has 1 aliphatic heterocycles. The fourth-order valence-corrected chi connectivity index (χ4v) is 5.34. The normalized spacial score (nSPS) is 18.1. The van der Waals surface area contributed by atoms with Gasteiger partial charge in [-0.3, -0.25) is 0 Å². The van der Waals surface area contributed by atoms with Crippen LogP contribution in [-0.4, -0.2) is 48.9 Å². The molecular weight excluding hydrogens is 364 g/mol. The zero-order valence-electron chi connectivity index (χ0n) is 14.8. The van der Waals surface area contributed by atoms with Gasteiger partial charge in [-0.2, -0.15) is 9.29 Å². The van der Waals surface area contributed by atoms with Crippen molar-refractivity contribution in [2.75, 3.05) is 31.1 Å². The van der Waals surface area contributed by atoms with E-state index < -0.39 is 10.0 Å². The number of fused-ring (bicyclic) bond motifs is 2. The number of rotatable bonds is 3. The SMILES string of the molecule is O=S(=O)(c1ccc2c(c1)CCC2)N1CCN(c2nc3ncccc3o2)CC1. The first kappa shape index (κ1) is 16.7. The Kier molecular flexibility index (Phi) is 3.91. The number of pyridine rings is 1. The third-order valence-electron chi connectivity index (χ3n) is 5.37. The summed E-state index contributed by atoms with van der Waals surface area (Å²) in [4.78, 5) is 11.0. The molecular formula is C19H20N4O3S. The molecule has 5 rings (SSSR count). The molecule has 7 nitrogen and oxygen atoms in total. The molecule has 0 spiro atoms. The summed E-state index contributed by atoms with van der Waals surface area (Å²) in [5, 5.41) is 0. The molecule has 0 atom stereocenters. The van der Waals surface area contributed by atoms with Crippen LogP contribution >= 0.6 is 0 Å². The molecule has 8 heteroatoms. The molecule has 3 aromatic rings. The van der Waals surface area contributed by atoms with Gasteiger partial charge in [-0.1, -0.05) is 6.07 Å². The van der Waals surface area contributed by atoms with Crippen LogP contribution < -0.4 is 4.90 Å². The molecule has 0 radical (unpaired) electrons. The van der Waals surface area contributed by atoms with Gasteiger partial charge in [0, 0.05) is 32.4 Å². The quantitative estimate of drug-likeness (QED) is 0.689. The number of oxazole rings is 1. The van der Waals surface area contributed by atoms with Crippen LogP contribution in [0.1, 0.15) is 17.5 Å². The Morgan fingerprint density at radius 3 is 2.63 bits per heavy atom. The molecule has 2 aliphatic rings. The van der Waals surface area contributed by atoms with Gasteiger partial charge in [-0.05, 0) is 54.7 Å². The number of aryl methyl sites for hydroxylation is 2. The topological polar surface area (TPSA) is 79.5 Å². The number of piperazine rings is 1. The highest BCUT2D eigenvalue weighted by atomic mass is 32.2. The van der Waals surface area contributed by atoms with Crippen LogP contribution in [0.15, 0.2) is 45.8 Å². The summed E-state index contributed by atoms with van der Waals surface area (Å²) in [6.07, 6.45) is 4.80. The average Bonchev–Trinajstić information content (AvgIpc) is 3.34. The van der Waals surface area contributed by atoms with E-state index >= 15 is 0 Å². The lowest BCUT2D eigenvalue weighted by Gasteiger charge is -2.33. The summed E-state index contributed by atoms with van der Waals surface area (Å²) in [6.45, 7) is 1.89. The first-order chi connectivity index (χ1) is 13.1. The van der Waals surface area contributed by atoms with Crippen molar-refractivity contribution in [1.82, 2.24) is 14.3 Å². The van der Waals surface area contributed by atoms with Gasteiger partial charge in [-0.25, -0.2) is 13.4 Å². The molecule has 1 fully saturated rings. The Morgan fingerprint density at radius 2 is 1.81 bits per heavy atom. The number of nitrogens with zero attached hydrogens (tertiary/aromatic N) is 4. The van der Waals surface area contributed by atoms with Crippen LogP contribution in [0.3, 0.4) is 0 Å². The zero-order valence-corrected chi connectivity index (χ0v) is 15.7.